The monoisotopic (exact) mass is 420 g/mol. The first-order valence-electron chi connectivity index (χ1n) is 10.1. The molecule has 0 atom stereocenters. The highest BCUT2D eigenvalue weighted by Crippen LogP contribution is 2.37. The van der Waals surface area contributed by atoms with Crippen LogP contribution < -0.4 is 9.64 Å². The van der Waals surface area contributed by atoms with E-state index in [2.05, 4.69) is 52.5 Å². The normalized spacial score (nSPS) is 13.1. The summed E-state index contributed by atoms with van der Waals surface area (Å²) in [5.74, 6) is 2.65. The van der Waals surface area contributed by atoms with Crippen molar-refractivity contribution in [2.45, 2.75) is 26.2 Å². The molecule has 2 aromatic heterocycles. The van der Waals surface area contributed by atoms with Gasteiger partial charge in [0.2, 0.25) is 0 Å². The molecular weight excluding hydrogens is 396 g/mol. The van der Waals surface area contributed by atoms with Crippen molar-refractivity contribution < 1.29 is 4.74 Å². The molecule has 0 bridgehead atoms. The molecule has 3 heterocycles. The van der Waals surface area contributed by atoms with Gasteiger partial charge in [0.05, 0.1) is 12.6 Å². The number of ether oxygens (including phenoxy) is 1. The van der Waals surface area contributed by atoms with Gasteiger partial charge in [-0.15, -0.1) is 12.4 Å². The first kappa shape index (κ1) is 20.2. The summed E-state index contributed by atoms with van der Waals surface area (Å²) in [5, 5.41) is 0. The lowest BCUT2D eigenvalue weighted by atomic mass is 10.0. The number of H-pyrrole nitrogens is 1. The Labute approximate surface area is 182 Å². The number of benzene rings is 2. The van der Waals surface area contributed by atoms with Crippen LogP contribution in [0.15, 0.2) is 54.7 Å². The summed E-state index contributed by atoms with van der Waals surface area (Å²) in [6.07, 6.45) is 5.07. The number of aryl methyl sites for hydroxylation is 2. The van der Waals surface area contributed by atoms with Gasteiger partial charge in [-0.25, -0.2) is 9.97 Å². The molecule has 1 aliphatic rings. The van der Waals surface area contributed by atoms with E-state index in [1.165, 1.54) is 22.4 Å². The van der Waals surface area contributed by atoms with Crippen LogP contribution in [0.5, 0.6) is 5.75 Å². The Bertz CT molecular complexity index is 1170. The Morgan fingerprint density at radius 3 is 2.73 bits per heavy atom. The maximum absolute atomic E-state index is 5.42. The van der Waals surface area contributed by atoms with Gasteiger partial charge in [0.15, 0.2) is 5.82 Å². The zero-order valence-electron chi connectivity index (χ0n) is 17.2. The molecule has 5 nitrogen and oxygen atoms in total. The summed E-state index contributed by atoms with van der Waals surface area (Å²) in [6.45, 7) is 2.92. The number of rotatable bonds is 4. The van der Waals surface area contributed by atoms with Crippen LogP contribution in [0.3, 0.4) is 0 Å². The first-order chi connectivity index (χ1) is 14.2. The van der Waals surface area contributed by atoms with Gasteiger partial charge in [-0.1, -0.05) is 30.3 Å². The molecule has 0 radical (unpaired) electrons. The van der Waals surface area contributed by atoms with Gasteiger partial charge in [0.25, 0.3) is 0 Å². The molecule has 4 aromatic rings. The highest BCUT2D eigenvalue weighted by atomic mass is 35.5. The number of fused-ring (bicyclic) bond motifs is 2. The summed E-state index contributed by atoms with van der Waals surface area (Å²) in [5.41, 5.74) is 7.00. The van der Waals surface area contributed by atoms with Crippen LogP contribution in [-0.4, -0.2) is 28.6 Å². The molecule has 154 valence electrons. The maximum Gasteiger partial charge on any atom is 0.161 e. The molecule has 2 aromatic carbocycles. The van der Waals surface area contributed by atoms with Crippen LogP contribution >= 0.6 is 12.4 Å². The highest BCUT2D eigenvalue weighted by Gasteiger charge is 2.23. The number of hydrogen-bond donors (Lipinski definition) is 1. The summed E-state index contributed by atoms with van der Waals surface area (Å²) in [4.78, 5) is 15.4. The minimum atomic E-state index is 0. The zero-order chi connectivity index (χ0) is 19.8. The number of halogens is 1. The summed E-state index contributed by atoms with van der Waals surface area (Å²) in [7, 11) is 1.72. The molecule has 30 heavy (non-hydrogen) atoms. The number of anilines is 2. The fourth-order valence-corrected chi connectivity index (χ4v) is 4.22. The number of aromatic amines is 1. The number of methoxy groups -OCH3 is 1. The van der Waals surface area contributed by atoms with E-state index in [-0.39, 0.29) is 12.4 Å². The molecule has 0 spiro atoms. The predicted molar refractivity (Wildman–Crippen MR) is 123 cm³/mol. The second kappa shape index (κ2) is 8.36. The van der Waals surface area contributed by atoms with Crippen LogP contribution in [0, 0.1) is 6.92 Å². The molecule has 0 saturated heterocycles. The SMILES string of the molecule is COc1ccc2c(c1)CCCN2c1nc(C)nc2c(Cc3ccccc3)c[nH]c12.Cl. The van der Waals surface area contributed by atoms with E-state index in [1.54, 1.807) is 7.11 Å². The smallest absolute Gasteiger partial charge is 0.161 e. The topological polar surface area (TPSA) is 54.0 Å². The maximum atomic E-state index is 5.42. The van der Waals surface area contributed by atoms with Gasteiger partial charge in [0, 0.05) is 30.4 Å². The minimum absolute atomic E-state index is 0. The third kappa shape index (κ3) is 3.61. The van der Waals surface area contributed by atoms with Crippen LogP contribution in [0.1, 0.15) is 28.9 Å². The molecule has 1 N–H and O–H groups in total. The van der Waals surface area contributed by atoms with E-state index in [0.717, 1.165) is 54.2 Å². The molecule has 1 aliphatic heterocycles. The average molecular weight is 421 g/mol. The number of aromatic nitrogens is 3. The van der Waals surface area contributed by atoms with E-state index in [1.807, 2.05) is 19.1 Å². The molecule has 0 aliphatic carbocycles. The quantitative estimate of drug-likeness (QED) is 0.482. The van der Waals surface area contributed by atoms with Crippen molar-refractivity contribution in [3.05, 3.63) is 77.2 Å². The van der Waals surface area contributed by atoms with Gasteiger partial charge < -0.3 is 14.6 Å². The standard InChI is InChI=1S/C24H24N4O.ClH/c1-16-26-22-19(13-17-7-4-3-5-8-17)15-25-23(22)24(27-16)28-12-6-9-18-14-20(29-2)10-11-21(18)28;/h3-5,7-8,10-11,14-15,25H,6,9,12-13H2,1-2H3;1H. The predicted octanol–water partition coefficient (Wildman–Crippen LogP) is 5.37. The minimum Gasteiger partial charge on any atom is -0.497 e. The van der Waals surface area contributed by atoms with Crippen LogP contribution in [0.4, 0.5) is 11.5 Å². The second-order valence-electron chi connectivity index (χ2n) is 7.54. The summed E-state index contributed by atoms with van der Waals surface area (Å²) < 4.78 is 5.42. The fraction of sp³-hybridized carbons (Fsp3) is 0.250. The van der Waals surface area contributed by atoms with E-state index < -0.39 is 0 Å². The lowest BCUT2D eigenvalue weighted by Gasteiger charge is -2.31. The van der Waals surface area contributed by atoms with Crippen molar-refractivity contribution in [3.8, 4) is 5.75 Å². The molecule has 0 unspecified atom stereocenters. The molecule has 0 amide bonds. The Hall–Kier alpha value is -3.05. The van der Waals surface area contributed by atoms with Crippen molar-refractivity contribution in [2.75, 3.05) is 18.6 Å². The zero-order valence-corrected chi connectivity index (χ0v) is 18.0. The Kier molecular flexibility index (Phi) is 5.64. The van der Waals surface area contributed by atoms with Crippen molar-refractivity contribution >= 4 is 34.9 Å². The largest absolute Gasteiger partial charge is 0.497 e. The third-order valence-electron chi connectivity index (χ3n) is 5.59. The van der Waals surface area contributed by atoms with Crippen molar-refractivity contribution in [1.29, 1.82) is 0 Å². The molecule has 0 saturated carbocycles. The third-order valence-corrected chi connectivity index (χ3v) is 5.59. The Morgan fingerprint density at radius 2 is 1.93 bits per heavy atom. The number of hydrogen-bond acceptors (Lipinski definition) is 4. The molecular formula is C24H25ClN4O. The van der Waals surface area contributed by atoms with E-state index in [4.69, 9.17) is 14.7 Å². The fourth-order valence-electron chi connectivity index (χ4n) is 4.22. The van der Waals surface area contributed by atoms with E-state index in [9.17, 15) is 0 Å². The highest BCUT2D eigenvalue weighted by molar-refractivity contribution is 5.91. The van der Waals surface area contributed by atoms with Crippen molar-refractivity contribution in [3.63, 3.8) is 0 Å². The van der Waals surface area contributed by atoms with Gasteiger partial charge >= 0.3 is 0 Å². The van der Waals surface area contributed by atoms with Crippen LogP contribution in [0.25, 0.3) is 11.0 Å². The lowest BCUT2D eigenvalue weighted by molar-refractivity contribution is 0.414. The summed E-state index contributed by atoms with van der Waals surface area (Å²) in [6, 6.07) is 16.8. The van der Waals surface area contributed by atoms with Gasteiger partial charge in [0.1, 0.15) is 17.1 Å². The Balaban J connectivity index is 0.00000218. The van der Waals surface area contributed by atoms with Gasteiger partial charge in [-0.05, 0) is 49.1 Å². The van der Waals surface area contributed by atoms with Crippen molar-refractivity contribution in [1.82, 2.24) is 15.0 Å². The number of nitrogens with one attached hydrogen (secondary N) is 1. The van der Waals surface area contributed by atoms with Crippen molar-refractivity contribution in [2.24, 2.45) is 0 Å². The Morgan fingerprint density at radius 1 is 1.10 bits per heavy atom. The molecule has 0 fully saturated rings. The first-order valence-corrected chi connectivity index (χ1v) is 10.1. The number of nitrogens with zero attached hydrogens (tertiary/aromatic N) is 3. The molecule has 6 heteroatoms. The summed E-state index contributed by atoms with van der Waals surface area (Å²) >= 11 is 0. The molecule has 5 rings (SSSR count). The van der Waals surface area contributed by atoms with Gasteiger partial charge in [-0.2, -0.15) is 0 Å². The van der Waals surface area contributed by atoms with Crippen LogP contribution in [0.2, 0.25) is 0 Å². The lowest BCUT2D eigenvalue weighted by Crippen LogP contribution is -2.26. The van der Waals surface area contributed by atoms with E-state index in [0.29, 0.717) is 0 Å². The van der Waals surface area contributed by atoms with E-state index >= 15 is 0 Å². The van der Waals surface area contributed by atoms with Gasteiger partial charge in [-0.3, -0.25) is 0 Å². The second-order valence-corrected chi connectivity index (χ2v) is 7.54. The average Bonchev–Trinajstić information content (AvgIpc) is 3.15. The van der Waals surface area contributed by atoms with Crippen LogP contribution in [-0.2, 0) is 12.8 Å².